The molecule has 0 bridgehead atoms. The van der Waals surface area contributed by atoms with Crippen LogP contribution in [0.15, 0.2) is 40.7 Å². The summed E-state index contributed by atoms with van der Waals surface area (Å²) in [5.41, 5.74) is 5.22. The first-order valence-electron chi connectivity index (χ1n) is 7.74. The van der Waals surface area contributed by atoms with Crippen LogP contribution in [-0.4, -0.2) is 26.2 Å². The summed E-state index contributed by atoms with van der Waals surface area (Å²) >= 11 is 0. The Hall–Kier alpha value is -2.56. The van der Waals surface area contributed by atoms with Crippen molar-refractivity contribution in [2.24, 2.45) is 0 Å². The molecule has 0 aliphatic carbocycles. The van der Waals surface area contributed by atoms with Crippen molar-refractivity contribution < 1.29 is 19.1 Å². The summed E-state index contributed by atoms with van der Waals surface area (Å²) in [6, 6.07) is 5.96. The molecule has 0 fully saturated rings. The summed E-state index contributed by atoms with van der Waals surface area (Å²) in [4.78, 5) is 24.8. The lowest BCUT2D eigenvalue weighted by Gasteiger charge is -2.31. The standard InChI is InChI=1S/C19H23NO4/c1-10-7-8-14(11(2)9-10)17-15(18(21)23-5)12(3)20-13(4)16(17)19(22)24-6/h7-9,17,20H,1-6H3. The number of hydrogen-bond donors (Lipinski definition) is 1. The number of dihydropyridines is 1. The van der Waals surface area contributed by atoms with Gasteiger partial charge in [0.05, 0.1) is 31.3 Å². The number of carbonyl (C=O) groups is 2. The largest absolute Gasteiger partial charge is 0.466 e. The van der Waals surface area contributed by atoms with Crippen molar-refractivity contribution in [2.75, 3.05) is 14.2 Å². The zero-order valence-corrected chi connectivity index (χ0v) is 14.9. The Morgan fingerprint density at radius 3 is 1.83 bits per heavy atom. The van der Waals surface area contributed by atoms with Gasteiger partial charge in [-0.15, -0.1) is 0 Å². The third-order valence-electron chi connectivity index (χ3n) is 4.31. The molecule has 0 atom stereocenters. The molecule has 0 amide bonds. The van der Waals surface area contributed by atoms with E-state index in [1.807, 2.05) is 32.0 Å². The molecule has 0 aromatic heterocycles. The molecule has 0 spiro atoms. The van der Waals surface area contributed by atoms with E-state index >= 15 is 0 Å². The highest BCUT2D eigenvalue weighted by molar-refractivity contribution is 5.99. The highest BCUT2D eigenvalue weighted by atomic mass is 16.5. The first-order chi connectivity index (χ1) is 11.3. The number of benzene rings is 1. The maximum absolute atomic E-state index is 12.4. The maximum atomic E-state index is 12.4. The molecular weight excluding hydrogens is 306 g/mol. The fourth-order valence-electron chi connectivity index (χ4n) is 3.22. The average Bonchev–Trinajstić information content (AvgIpc) is 2.53. The van der Waals surface area contributed by atoms with Crippen molar-refractivity contribution in [3.05, 3.63) is 57.4 Å². The van der Waals surface area contributed by atoms with Crippen molar-refractivity contribution in [2.45, 2.75) is 33.6 Å². The van der Waals surface area contributed by atoms with Crippen LogP contribution in [0.3, 0.4) is 0 Å². The minimum atomic E-state index is -0.522. The van der Waals surface area contributed by atoms with Crippen molar-refractivity contribution in [1.29, 1.82) is 0 Å². The van der Waals surface area contributed by atoms with E-state index in [0.29, 0.717) is 22.5 Å². The monoisotopic (exact) mass is 329 g/mol. The maximum Gasteiger partial charge on any atom is 0.336 e. The molecule has 0 saturated heterocycles. The number of methoxy groups -OCH3 is 2. The van der Waals surface area contributed by atoms with E-state index in [1.54, 1.807) is 13.8 Å². The summed E-state index contributed by atoms with van der Waals surface area (Å²) in [6.07, 6.45) is 0. The first kappa shape index (κ1) is 17.8. The van der Waals surface area contributed by atoms with E-state index in [1.165, 1.54) is 14.2 Å². The lowest BCUT2D eigenvalue weighted by Crippen LogP contribution is -2.32. The normalized spacial score (nSPS) is 15.2. The molecular formula is C19H23NO4. The molecule has 1 N–H and O–H groups in total. The number of hydrogen-bond acceptors (Lipinski definition) is 5. The molecule has 5 nitrogen and oxygen atoms in total. The molecule has 1 aliphatic heterocycles. The molecule has 2 rings (SSSR count). The van der Waals surface area contributed by atoms with Crippen molar-refractivity contribution in [1.82, 2.24) is 5.32 Å². The van der Waals surface area contributed by atoms with Gasteiger partial charge in [-0.25, -0.2) is 9.59 Å². The lowest BCUT2D eigenvalue weighted by molar-refractivity contribution is -0.137. The summed E-state index contributed by atoms with van der Waals surface area (Å²) in [5, 5.41) is 3.10. The second-order valence-electron chi connectivity index (χ2n) is 5.98. The zero-order valence-electron chi connectivity index (χ0n) is 14.9. The second-order valence-corrected chi connectivity index (χ2v) is 5.98. The Morgan fingerprint density at radius 1 is 0.917 bits per heavy atom. The van der Waals surface area contributed by atoms with Crippen LogP contribution < -0.4 is 5.32 Å². The van der Waals surface area contributed by atoms with Gasteiger partial charge in [0.25, 0.3) is 0 Å². The van der Waals surface area contributed by atoms with E-state index in [2.05, 4.69) is 5.32 Å². The van der Waals surface area contributed by atoms with Gasteiger partial charge in [0.2, 0.25) is 0 Å². The number of esters is 2. The number of carbonyl (C=O) groups excluding carboxylic acids is 2. The van der Waals surface area contributed by atoms with E-state index < -0.39 is 17.9 Å². The predicted octanol–water partition coefficient (Wildman–Crippen LogP) is 2.88. The Kier molecular flexibility index (Phi) is 5.12. The molecule has 1 aromatic rings. The zero-order chi connectivity index (χ0) is 18.0. The van der Waals surface area contributed by atoms with E-state index in [0.717, 1.165) is 16.7 Å². The van der Waals surface area contributed by atoms with Crippen LogP contribution >= 0.6 is 0 Å². The number of aryl methyl sites for hydroxylation is 2. The van der Waals surface area contributed by atoms with Crippen LogP contribution in [0.2, 0.25) is 0 Å². The highest BCUT2D eigenvalue weighted by Crippen LogP contribution is 2.40. The fraction of sp³-hybridized carbons (Fsp3) is 0.368. The van der Waals surface area contributed by atoms with Gasteiger partial charge < -0.3 is 14.8 Å². The minimum Gasteiger partial charge on any atom is -0.466 e. The van der Waals surface area contributed by atoms with Crippen LogP contribution in [0.4, 0.5) is 0 Å². The number of rotatable bonds is 3. The van der Waals surface area contributed by atoms with Crippen molar-refractivity contribution >= 4 is 11.9 Å². The van der Waals surface area contributed by atoms with E-state index in [4.69, 9.17) is 9.47 Å². The predicted molar refractivity (Wildman–Crippen MR) is 91.2 cm³/mol. The van der Waals surface area contributed by atoms with Gasteiger partial charge in [-0.1, -0.05) is 23.8 Å². The molecule has 0 unspecified atom stereocenters. The molecule has 1 aromatic carbocycles. The van der Waals surface area contributed by atoms with Gasteiger partial charge in [0, 0.05) is 11.4 Å². The van der Waals surface area contributed by atoms with Crippen LogP contribution in [0.25, 0.3) is 0 Å². The molecule has 0 radical (unpaired) electrons. The van der Waals surface area contributed by atoms with Crippen LogP contribution in [0, 0.1) is 13.8 Å². The van der Waals surface area contributed by atoms with Gasteiger partial charge in [-0.05, 0) is 38.8 Å². The summed E-state index contributed by atoms with van der Waals surface area (Å²) in [5.74, 6) is -1.44. The summed E-state index contributed by atoms with van der Waals surface area (Å²) < 4.78 is 9.92. The minimum absolute atomic E-state index is 0.426. The van der Waals surface area contributed by atoms with Gasteiger partial charge in [0.1, 0.15) is 0 Å². The molecule has 5 heteroatoms. The van der Waals surface area contributed by atoms with Crippen LogP contribution in [0.1, 0.15) is 36.5 Å². The lowest BCUT2D eigenvalue weighted by atomic mass is 9.78. The van der Waals surface area contributed by atoms with Gasteiger partial charge >= 0.3 is 11.9 Å². The van der Waals surface area contributed by atoms with E-state index in [9.17, 15) is 9.59 Å². The smallest absolute Gasteiger partial charge is 0.336 e. The van der Waals surface area contributed by atoms with Crippen LogP contribution in [0.5, 0.6) is 0 Å². The average molecular weight is 329 g/mol. The van der Waals surface area contributed by atoms with Crippen LogP contribution in [-0.2, 0) is 19.1 Å². The first-order valence-corrected chi connectivity index (χ1v) is 7.74. The Labute approximate surface area is 142 Å². The van der Waals surface area contributed by atoms with E-state index in [-0.39, 0.29) is 0 Å². The molecule has 0 saturated carbocycles. The molecule has 1 aliphatic rings. The topological polar surface area (TPSA) is 64.6 Å². The third-order valence-corrected chi connectivity index (χ3v) is 4.31. The summed E-state index contributed by atoms with van der Waals surface area (Å²) in [7, 11) is 2.68. The summed E-state index contributed by atoms with van der Waals surface area (Å²) in [6.45, 7) is 7.59. The SMILES string of the molecule is COC(=O)C1=C(C)NC(C)=C(C(=O)OC)C1c1ccc(C)cc1C. The van der Waals surface area contributed by atoms with Gasteiger partial charge in [-0.2, -0.15) is 0 Å². The fourth-order valence-corrected chi connectivity index (χ4v) is 3.22. The Bertz CT molecular complexity index is 721. The Balaban J connectivity index is 2.74. The molecule has 24 heavy (non-hydrogen) atoms. The van der Waals surface area contributed by atoms with Gasteiger partial charge in [-0.3, -0.25) is 0 Å². The molecule has 1 heterocycles. The number of allylic oxidation sites excluding steroid dienone is 2. The van der Waals surface area contributed by atoms with Gasteiger partial charge in [0.15, 0.2) is 0 Å². The molecule has 128 valence electrons. The number of nitrogens with one attached hydrogen (secondary N) is 1. The van der Waals surface area contributed by atoms with Crippen molar-refractivity contribution in [3.63, 3.8) is 0 Å². The number of ether oxygens (including phenoxy) is 2. The third kappa shape index (κ3) is 3.07. The highest BCUT2D eigenvalue weighted by Gasteiger charge is 2.38. The quantitative estimate of drug-likeness (QED) is 0.864. The van der Waals surface area contributed by atoms with Crippen molar-refractivity contribution in [3.8, 4) is 0 Å². The Morgan fingerprint density at radius 2 is 1.42 bits per heavy atom. The second kappa shape index (κ2) is 6.91.